The van der Waals surface area contributed by atoms with Crippen LogP contribution >= 0.6 is 0 Å². The van der Waals surface area contributed by atoms with Crippen molar-refractivity contribution in [3.63, 3.8) is 0 Å². The van der Waals surface area contributed by atoms with E-state index in [1.165, 1.54) is 12.1 Å². The molecule has 6 unspecified atom stereocenters. The Hall–Kier alpha value is -5.62. The molecule has 0 aromatic heterocycles. The summed E-state index contributed by atoms with van der Waals surface area (Å²) in [5.74, 6) is -1.00. The molecule has 6 atom stereocenters. The predicted octanol–water partition coefficient (Wildman–Crippen LogP) is 9.70. The molecule has 1 amide bonds. The summed E-state index contributed by atoms with van der Waals surface area (Å²) in [5.41, 5.74) is 4.77. The first-order chi connectivity index (χ1) is 30.8. The molecule has 11 heteroatoms. The Morgan fingerprint density at radius 2 is 1.67 bits per heavy atom. The molecule has 2 N–H and O–H groups in total. The molecule has 8 rings (SSSR count). The Morgan fingerprint density at radius 3 is 2.40 bits per heavy atom. The number of fused-ring (bicyclic) bond motifs is 2. The molecule has 0 bridgehead atoms. The number of benzene rings is 4. The van der Waals surface area contributed by atoms with E-state index in [0.717, 1.165) is 67.1 Å². The van der Waals surface area contributed by atoms with Crippen molar-refractivity contribution in [1.82, 2.24) is 4.90 Å². The standard InChI is InChI=1S/C52H57FN2O8/c1-2-27-60-52-48(55(51(59)38-19-20-38)32-35-17-21-40(53)22-18-35)31-46(54-61-34-36-11-4-3-5-12-36)44-29-39(14-6-8-25-56)43(16-7-9-26-57)49(50(44)52)45-30-42(23-24-47(45)63-52)62-41-15-10-13-37(28-41)33-58/h2-5,10-13,15,17-18,21-24,28-30,33,38-39,43,48-50,56-57H,1,6-9,14,16,19-20,25-27,31-32,34H2. The van der Waals surface area contributed by atoms with Crippen molar-refractivity contribution in [3.8, 4) is 17.2 Å². The third-order valence-corrected chi connectivity index (χ3v) is 13.0. The minimum Gasteiger partial charge on any atom is -0.459 e. The third-order valence-electron chi connectivity index (χ3n) is 13.0. The number of aliphatic hydroxyl groups excluding tert-OH is 2. The number of hydrogen-bond acceptors (Lipinski definition) is 9. The lowest BCUT2D eigenvalue weighted by atomic mass is 9.55. The summed E-state index contributed by atoms with van der Waals surface area (Å²) in [6.07, 6.45) is 11.1. The van der Waals surface area contributed by atoms with Gasteiger partial charge in [-0.2, -0.15) is 0 Å². The molecule has 330 valence electrons. The summed E-state index contributed by atoms with van der Waals surface area (Å²) in [5, 5.41) is 24.9. The summed E-state index contributed by atoms with van der Waals surface area (Å²) in [6, 6.07) is 28.2. The zero-order chi connectivity index (χ0) is 43.8. The third kappa shape index (κ3) is 9.81. The van der Waals surface area contributed by atoms with Crippen LogP contribution in [0.1, 0.15) is 90.8 Å². The number of allylic oxidation sites excluding steroid dienone is 1. The highest BCUT2D eigenvalue weighted by molar-refractivity contribution is 6.03. The van der Waals surface area contributed by atoms with E-state index in [1.54, 1.807) is 36.4 Å². The number of nitrogens with zero attached hydrogens (tertiary/aromatic N) is 2. The van der Waals surface area contributed by atoms with Gasteiger partial charge in [0.15, 0.2) is 0 Å². The van der Waals surface area contributed by atoms with Gasteiger partial charge in [0.05, 0.1) is 18.2 Å². The average Bonchev–Trinajstić information content (AvgIpc) is 4.16. The fourth-order valence-corrected chi connectivity index (χ4v) is 9.95. The summed E-state index contributed by atoms with van der Waals surface area (Å²) in [6.45, 7) is 4.77. The van der Waals surface area contributed by atoms with Gasteiger partial charge in [-0.15, -0.1) is 6.58 Å². The molecule has 4 aromatic rings. The van der Waals surface area contributed by atoms with E-state index < -0.39 is 17.7 Å². The molecule has 2 fully saturated rings. The maximum atomic E-state index is 14.8. The van der Waals surface area contributed by atoms with E-state index in [2.05, 4.69) is 12.7 Å². The van der Waals surface area contributed by atoms with Gasteiger partial charge in [0.1, 0.15) is 42.0 Å². The first-order valence-corrected chi connectivity index (χ1v) is 22.4. The lowest BCUT2D eigenvalue weighted by Crippen LogP contribution is -2.70. The molecular weight excluding hydrogens is 800 g/mol. The Bertz CT molecular complexity index is 2280. The van der Waals surface area contributed by atoms with E-state index in [4.69, 9.17) is 24.2 Å². The first kappa shape index (κ1) is 44.0. The van der Waals surface area contributed by atoms with Crippen molar-refractivity contribution in [3.05, 3.63) is 149 Å². The van der Waals surface area contributed by atoms with Crippen LogP contribution in [0.3, 0.4) is 0 Å². The summed E-state index contributed by atoms with van der Waals surface area (Å²) in [7, 11) is 0. The first-order valence-electron chi connectivity index (χ1n) is 22.4. The van der Waals surface area contributed by atoms with Gasteiger partial charge in [-0.3, -0.25) is 9.59 Å². The quantitative estimate of drug-likeness (QED) is 0.0367. The van der Waals surface area contributed by atoms with Crippen LogP contribution in [0.4, 0.5) is 4.39 Å². The van der Waals surface area contributed by atoms with Crippen LogP contribution < -0.4 is 9.47 Å². The molecular formula is C52H57FN2O8. The molecule has 1 heterocycles. The average molecular weight is 857 g/mol. The zero-order valence-corrected chi connectivity index (χ0v) is 35.7. The summed E-state index contributed by atoms with van der Waals surface area (Å²) >= 11 is 0. The SMILES string of the molecule is C=CCOC12Oc3ccc(Oc4cccc(C=O)c4)cc3C3C(CCCCO)C(CCCCO)C=C(C(=NOCc4ccccc4)CC1N(Cc1ccc(F)cc1)C(=O)C1CC1)C32. The number of oxime groups is 1. The van der Waals surface area contributed by atoms with Gasteiger partial charge in [-0.05, 0) is 110 Å². The highest BCUT2D eigenvalue weighted by Crippen LogP contribution is 2.62. The lowest BCUT2D eigenvalue weighted by molar-refractivity contribution is -0.258. The Labute approximate surface area is 369 Å². The Balaban J connectivity index is 1.33. The molecule has 0 radical (unpaired) electrons. The van der Waals surface area contributed by atoms with Crippen LogP contribution in [0.2, 0.25) is 0 Å². The molecule has 63 heavy (non-hydrogen) atoms. The maximum Gasteiger partial charge on any atom is 0.239 e. The number of carbonyl (C=O) groups excluding carboxylic acids is 2. The monoisotopic (exact) mass is 856 g/mol. The number of amides is 1. The van der Waals surface area contributed by atoms with Gasteiger partial charge in [0.2, 0.25) is 11.7 Å². The number of unbranched alkanes of at least 4 members (excludes halogenated alkanes) is 2. The van der Waals surface area contributed by atoms with E-state index in [0.29, 0.717) is 41.4 Å². The van der Waals surface area contributed by atoms with Crippen LogP contribution in [0.25, 0.3) is 0 Å². The molecule has 4 aromatic carbocycles. The van der Waals surface area contributed by atoms with Crippen LogP contribution in [0.15, 0.2) is 127 Å². The van der Waals surface area contributed by atoms with Gasteiger partial charge in [0, 0.05) is 49.1 Å². The fourth-order valence-electron chi connectivity index (χ4n) is 9.95. The van der Waals surface area contributed by atoms with Gasteiger partial charge < -0.3 is 34.2 Å². The van der Waals surface area contributed by atoms with Gasteiger partial charge in [0.25, 0.3) is 0 Å². The minimum absolute atomic E-state index is 0.0157. The second-order valence-corrected chi connectivity index (χ2v) is 17.2. The normalized spacial score (nSPS) is 24.0. The van der Waals surface area contributed by atoms with Gasteiger partial charge in [-0.25, -0.2) is 4.39 Å². The number of hydrogen-bond donors (Lipinski definition) is 2. The van der Waals surface area contributed by atoms with E-state index in [1.807, 2.05) is 59.5 Å². The zero-order valence-electron chi connectivity index (χ0n) is 35.7. The Kier molecular flexibility index (Phi) is 14.2. The number of carbonyl (C=O) groups is 2. The maximum absolute atomic E-state index is 14.8. The van der Waals surface area contributed by atoms with Crippen molar-refractivity contribution in [2.45, 2.75) is 88.7 Å². The van der Waals surface area contributed by atoms with Crippen molar-refractivity contribution in [2.24, 2.45) is 28.8 Å². The molecule has 4 aliphatic rings. The smallest absolute Gasteiger partial charge is 0.239 e. The fraction of sp³-hybridized carbons (Fsp3) is 0.404. The molecule has 1 aliphatic heterocycles. The second kappa shape index (κ2) is 20.3. The van der Waals surface area contributed by atoms with Crippen LogP contribution in [-0.4, -0.2) is 64.7 Å². The van der Waals surface area contributed by atoms with Crippen molar-refractivity contribution in [1.29, 1.82) is 0 Å². The van der Waals surface area contributed by atoms with E-state index in [9.17, 15) is 24.2 Å². The summed E-state index contributed by atoms with van der Waals surface area (Å²) in [4.78, 5) is 34.6. The number of aliphatic hydroxyl groups is 2. The highest BCUT2D eigenvalue weighted by Gasteiger charge is 2.66. The van der Waals surface area contributed by atoms with E-state index >= 15 is 0 Å². The number of ether oxygens (including phenoxy) is 3. The van der Waals surface area contributed by atoms with Crippen molar-refractivity contribution >= 4 is 17.9 Å². The number of halogens is 1. The molecule has 10 nitrogen and oxygen atoms in total. The van der Waals surface area contributed by atoms with Crippen molar-refractivity contribution in [2.75, 3.05) is 19.8 Å². The van der Waals surface area contributed by atoms with E-state index in [-0.39, 0.29) is 74.8 Å². The largest absolute Gasteiger partial charge is 0.459 e. The predicted molar refractivity (Wildman–Crippen MR) is 238 cm³/mol. The number of rotatable bonds is 21. The van der Waals surface area contributed by atoms with Gasteiger partial charge >= 0.3 is 0 Å². The minimum atomic E-state index is -1.44. The topological polar surface area (TPSA) is 127 Å². The highest BCUT2D eigenvalue weighted by atomic mass is 19.1. The lowest BCUT2D eigenvalue weighted by Gasteiger charge is -2.60. The molecule has 0 saturated heterocycles. The van der Waals surface area contributed by atoms with Crippen molar-refractivity contribution < 1.29 is 43.2 Å². The summed E-state index contributed by atoms with van der Waals surface area (Å²) < 4.78 is 35.3. The second-order valence-electron chi connectivity index (χ2n) is 17.2. The molecule has 0 spiro atoms. The Morgan fingerprint density at radius 1 is 0.905 bits per heavy atom. The number of aldehydes is 1. The van der Waals surface area contributed by atoms with Crippen LogP contribution in [-0.2, 0) is 27.5 Å². The van der Waals surface area contributed by atoms with Gasteiger partial charge in [-0.1, -0.05) is 84.7 Å². The van der Waals surface area contributed by atoms with Crippen LogP contribution in [0.5, 0.6) is 17.2 Å². The molecule has 2 saturated carbocycles. The van der Waals surface area contributed by atoms with Crippen LogP contribution in [0, 0.1) is 29.5 Å². The molecule has 3 aliphatic carbocycles.